The fraction of sp³-hybridized carbons (Fsp3) is 0.542. The number of unbranched alkanes of at least 4 members (excludes halogenated alkanes) is 1. The summed E-state index contributed by atoms with van der Waals surface area (Å²) in [5, 5.41) is 10.9. The van der Waals surface area contributed by atoms with Crippen molar-refractivity contribution in [2.24, 2.45) is 5.41 Å². The lowest BCUT2D eigenvalue weighted by molar-refractivity contribution is 0.0520. The molecule has 0 unspecified atom stereocenters. The Kier molecular flexibility index (Phi) is 5.97. The summed E-state index contributed by atoms with van der Waals surface area (Å²) in [6, 6.07) is 9.19. The Hall–Kier alpha value is -2.71. The van der Waals surface area contributed by atoms with E-state index in [-0.39, 0.29) is 0 Å². The van der Waals surface area contributed by atoms with Crippen molar-refractivity contribution < 1.29 is 4.74 Å². The number of nitrogens with two attached hydrogens (primary N) is 1. The number of benzene rings is 1. The number of nitrogens with one attached hydrogen (secondary N) is 2. The van der Waals surface area contributed by atoms with Gasteiger partial charge in [-0.1, -0.05) is 37.6 Å². The predicted molar refractivity (Wildman–Crippen MR) is 126 cm³/mol. The van der Waals surface area contributed by atoms with Crippen LogP contribution in [-0.2, 0) is 13.0 Å². The Morgan fingerprint density at radius 3 is 2.53 bits per heavy atom. The van der Waals surface area contributed by atoms with Gasteiger partial charge in [0.25, 0.3) is 0 Å². The minimum atomic E-state index is 0.322. The summed E-state index contributed by atoms with van der Waals surface area (Å²) in [5.74, 6) is 0.372. The van der Waals surface area contributed by atoms with Gasteiger partial charge in [0, 0.05) is 26.1 Å². The van der Waals surface area contributed by atoms with Crippen LogP contribution in [0.3, 0.4) is 0 Å². The van der Waals surface area contributed by atoms with Gasteiger partial charge in [0.1, 0.15) is 11.0 Å². The monoisotopic (exact) mass is 435 g/mol. The van der Waals surface area contributed by atoms with Crippen molar-refractivity contribution >= 4 is 16.9 Å². The Morgan fingerprint density at radius 2 is 1.84 bits per heavy atom. The lowest BCUT2D eigenvalue weighted by Crippen LogP contribution is -2.58. The van der Waals surface area contributed by atoms with E-state index >= 15 is 0 Å². The Bertz CT molecular complexity index is 1050. The van der Waals surface area contributed by atoms with Crippen LogP contribution >= 0.6 is 0 Å². The average Bonchev–Trinajstić information content (AvgIpc) is 3.18. The second-order valence-electron chi connectivity index (χ2n) is 9.36. The molecule has 2 aliphatic rings. The zero-order valence-corrected chi connectivity index (χ0v) is 18.9. The molecule has 1 aromatic carbocycles. The molecule has 32 heavy (non-hydrogen) atoms. The lowest BCUT2D eigenvalue weighted by atomic mass is 9.73. The first-order valence-electron chi connectivity index (χ1n) is 11.8. The third-order valence-electron chi connectivity index (χ3n) is 6.94. The van der Waals surface area contributed by atoms with E-state index < -0.39 is 0 Å². The van der Waals surface area contributed by atoms with E-state index in [1.54, 1.807) is 0 Å². The molecule has 4 N–H and O–H groups in total. The fourth-order valence-electron chi connectivity index (χ4n) is 4.68. The van der Waals surface area contributed by atoms with Gasteiger partial charge in [0.2, 0.25) is 0 Å². The van der Waals surface area contributed by atoms with Crippen molar-refractivity contribution in [1.82, 2.24) is 30.4 Å². The van der Waals surface area contributed by atoms with Gasteiger partial charge >= 0.3 is 6.01 Å². The molecule has 2 fully saturated rings. The van der Waals surface area contributed by atoms with E-state index in [9.17, 15) is 0 Å². The molecule has 3 aromatic rings. The summed E-state index contributed by atoms with van der Waals surface area (Å²) >= 11 is 0. The highest BCUT2D eigenvalue weighted by Crippen LogP contribution is 2.35. The van der Waals surface area contributed by atoms with E-state index in [0.29, 0.717) is 35.8 Å². The van der Waals surface area contributed by atoms with Gasteiger partial charge in [-0.2, -0.15) is 15.1 Å². The van der Waals surface area contributed by atoms with Gasteiger partial charge in [-0.3, -0.25) is 10.00 Å². The molecule has 0 atom stereocenters. The third-order valence-corrected chi connectivity index (χ3v) is 6.94. The number of nitrogen functional groups attached to an aromatic ring is 1. The Labute approximate surface area is 189 Å². The zero-order chi connectivity index (χ0) is 22.0. The molecule has 0 radical (unpaired) electrons. The van der Waals surface area contributed by atoms with E-state index in [1.807, 2.05) is 0 Å². The Morgan fingerprint density at radius 1 is 1.09 bits per heavy atom. The summed E-state index contributed by atoms with van der Waals surface area (Å²) in [6.07, 6.45) is 5.34. The second-order valence-corrected chi connectivity index (χ2v) is 9.36. The van der Waals surface area contributed by atoms with Crippen LogP contribution in [0.1, 0.15) is 49.4 Å². The van der Waals surface area contributed by atoms with Crippen molar-refractivity contribution in [2.75, 3.05) is 38.5 Å². The molecule has 2 saturated heterocycles. The second kappa shape index (κ2) is 9.03. The summed E-state index contributed by atoms with van der Waals surface area (Å²) in [5.41, 5.74) is 11.5. The van der Waals surface area contributed by atoms with Gasteiger partial charge in [0.15, 0.2) is 5.82 Å². The normalized spacial score (nSPS) is 18.2. The first kappa shape index (κ1) is 21.2. The van der Waals surface area contributed by atoms with Crippen LogP contribution in [0, 0.1) is 5.41 Å². The number of H-pyrrole nitrogens is 1. The van der Waals surface area contributed by atoms with Crippen LogP contribution in [0.2, 0.25) is 0 Å². The maximum absolute atomic E-state index is 6.10. The van der Waals surface area contributed by atoms with Crippen molar-refractivity contribution in [2.45, 2.75) is 45.6 Å². The number of nitrogens with zero attached hydrogens (tertiary/aromatic N) is 4. The van der Waals surface area contributed by atoms with E-state index in [0.717, 1.165) is 30.6 Å². The predicted octanol–water partition coefficient (Wildman–Crippen LogP) is 2.89. The largest absolute Gasteiger partial charge is 0.463 e. The molecule has 0 amide bonds. The summed E-state index contributed by atoms with van der Waals surface area (Å²) in [6.45, 7) is 8.55. The van der Waals surface area contributed by atoms with Crippen molar-refractivity contribution in [3.63, 3.8) is 0 Å². The number of aromatic nitrogens is 4. The highest BCUT2D eigenvalue weighted by Gasteiger charge is 2.39. The van der Waals surface area contributed by atoms with Crippen LogP contribution in [-0.4, -0.2) is 57.9 Å². The lowest BCUT2D eigenvalue weighted by Gasteiger charge is -2.48. The van der Waals surface area contributed by atoms with Crippen LogP contribution in [0.25, 0.3) is 11.0 Å². The molecule has 4 heterocycles. The average molecular weight is 436 g/mol. The molecule has 8 nitrogen and oxygen atoms in total. The van der Waals surface area contributed by atoms with Gasteiger partial charge in [-0.15, -0.1) is 0 Å². The molecular weight excluding hydrogens is 402 g/mol. The molecule has 170 valence electrons. The quantitative estimate of drug-likeness (QED) is 0.467. The maximum atomic E-state index is 6.10. The number of hydrogen-bond donors (Lipinski definition) is 3. The van der Waals surface area contributed by atoms with Gasteiger partial charge in [-0.05, 0) is 48.9 Å². The molecular formula is C24H33N7O. The highest BCUT2D eigenvalue weighted by molar-refractivity contribution is 5.86. The van der Waals surface area contributed by atoms with Crippen LogP contribution < -0.4 is 15.8 Å². The molecule has 1 spiro atoms. The van der Waals surface area contributed by atoms with Crippen LogP contribution in [0.15, 0.2) is 24.3 Å². The van der Waals surface area contributed by atoms with Crippen LogP contribution in [0.4, 0.5) is 5.82 Å². The summed E-state index contributed by atoms with van der Waals surface area (Å²) in [4.78, 5) is 11.4. The highest BCUT2D eigenvalue weighted by atomic mass is 16.5. The van der Waals surface area contributed by atoms with Gasteiger partial charge in [0.05, 0.1) is 12.3 Å². The molecule has 2 aliphatic heterocycles. The SMILES string of the molecule is CCCCOc1nc(N)c2[nH]nc(Cc3ccc(CN4CCC5(CC4)CNC5)cc3)c2n1. The first-order valence-corrected chi connectivity index (χ1v) is 11.8. The minimum absolute atomic E-state index is 0.322. The van der Waals surface area contributed by atoms with Crippen molar-refractivity contribution in [3.8, 4) is 6.01 Å². The molecule has 0 aliphatic carbocycles. The number of fused-ring (bicyclic) bond motifs is 1. The first-order chi connectivity index (χ1) is 15.6. The molecule has 2 aromatic heterocycles. The number of hydrogen-bond acceptors (Lipinski definition) is 7. The number of likely N-dealkylation sites (tertiary alicyclic amines) is 1. The zero-order valence-electron chi connectivity index (χ0n) is 18.9. The number of anilines is 1. The molecule has 8 heteroatoms. The topological polar surface area (TPSA) is 105 Å². The number of rotatable bonds is 8. The van der Waals surface area contributed by atoms with Crippen molar-refractivity contribution in [3.05, 3.63) is 41.1 Å². The molecule has 0 bridgehead atoms. The van der Waals surface area contributed by atoms with E-state index in [1.165, 1.54) is 50.1 Å². The standard InChI is InChI=1S/C24H33N7O/c1-2-3-12-32-23-27-20-19(29-30-21(20)22(25)28-23)13-17-4-6-18(7-5-17)14-31-10-8-24(9-11-31)15-26-16-24/h4-7,26H,2-3,8-16H2,1H3,(H,29,30)(H2,25,27,28). The van der Waals surface area contributed by atoms with E-state index in [4.69, 9.17) is 10.5 Å². The third kappa shape index (κ3) is 4.42. The van der Waals surface area contributed by atoms with Crippen LogP contribution in [0.5, 0.6) is 6.01 Å². The minimum Gasteiger partial charge on any atom is -0.463 e. The summed E-state index contributed by atoms with van der Waals surface area (Å²) < 4.78 is 5.67. The van der Waals surface area contributed by atoms with E-state index in [2.05, 4.69) is 61.6 Å². The maximum Gasteiger partial charge on any atom is 0.319 e. The fourth-order valence-corrected chi connectivity index (χ4v) is 4.68. The van der Waals surface area contributed by atoms with Crippen molar-refractivity contribution in [1.29, 1.82) is 0 Å². The smallest absolute Gasteiger partial charge is 0.319 e. The summed E-state index contributed by atoms with van der Waals surface area (Å²) in [7, 11) is 0. The number of aromatic amines is 1. The number of ether oxygens (including phenoxy) is 1. The molecule has 5 rings (SSSR count). The van der Waals surface area contributed by atoms with Gasteiger partial charge in [-0.25, -0.2) is 0 Å². The molecule has 0 saturated carbocycles. The number of piperidine rings is 1. The van der Waals surface area contributed by atoms with Gasteiger partial charge < -0.3 is 15.8 Å². The Balaban J connectivity index is 1.23.